The zero-order valence-corrected chi connectivity index (χ0v) is 13.7. The molecule has 0 saturated carbocycles. The van der Waals surface area contributed by atoms with Crippen LogP contribution in [0.3, 0.4) is 0 Å². The molecule has 0 saturated heterocycles. The summed E-state index contributed by atoms with van der Waals surface area (Å²) in [7, 11) is 0. The molecule has 0 aliphatic carbocycles. The molecule has 2 heterocycles. The number of ether oxygens (including phenoxy) is 1. The lowest BCUT2D eigenvalue weighted by atomic mass is 10.00. The molecule has 0 atom stereocenters. The predicted molar refractivity (Wildman–Crippen MR) is 82.2 cm³/mol. The molecule has 0 aliphatic heterocycles. The molecule has 0 unspecified atom stereocenters. The fourth-order valence-electron chi connectivity index (χ4n) is 2.00. The molecule has 1 amide bonds. The summed E-state index contributed by atoms with van der Waals surface area (Å²) in [5.74, 6) is 0.583. The summed E-state index contributed by atoms with van der Waals surface area (Å²) in [6.45, 7) is 3.55. The quantitative estimate of drug-likeness (QED) is 0.896. The predicted octanol–water partition coefficient (Wildman–Crippen LogP) is 2.32. The Kier molecular flexibility index (Phi) is 4.47. The zero-order valence-electron chi connectivity index (χ0n) is 12.1. The lowest BCUT2D eigenvalue weighted by Crippen LogP contribution is -2.33. The van der Waals surface area contributed by atoms with Crippen LogP contribution in [0.25, 0.3) is 5.82 Å². The van der Waals surface area contributed by atoms with Crippen LogP contribution in [0.15, 0.2) is 29.0 Å². The van der Waals surface area contributed by atoms with Gasteiger partial charge < -0.3 is 10.5 Å². The first kappa shape index (κ1) is 16.0. The third-order valence-corrected chi connectivity index (χ3v) is 3.41. The molecule has 0 bridgehead atoms. The Bertz CT molecular complexity index is 731. The second kappa shape index (κ2) is 6.15. The normalized spacial score (nSPS) is 11.0. The summed E-state index contributed by atoms with van der Waals surface area (Å²) in [6, 6.07) is 5.61. The summed E-state index contributed by atoms with van der Waals surface area (Å²) < 4.78 is 7.16. The van der Waals surface area contributed by atoms with Crippen molar-refractivity contribution >= 4 is 22.0 Å². The summed E-state index contributed by atoms with van der Waals surface area (Å²) in [5.41, 5.74) is 5.52. The number of nitrogens with zero attached hydrogens (tertiary/aromatic N) is 4. The molecule has 114 valence electrons. The Morgan fingerprint density at radius 2 is 2.27 bits per heavy atom. The van der Waals surface area contributed by atoms with Crippen molar-refractivity contribution in [1.82, 2.24) is 14.8 Å². The first-order chi connectivity index (χ1) is 10.3. The van der Waals surface area contributed by atoms with Crippen molar-refractivity contribution in [2.45, 2.75) is 25.9 Å². The van der Waals surface area contributed by atoms with E-state index in [4.69, 9.17) is 15.7 Å². The molecule has 0 aromatic carbocycles. The number of hydrogen-bond acceptors (Lipinski definition) is 5. The number of pyridine rings is 1. The first-order valence-corrected chi connectivity index (χ1v) is 7.19. The van der Waals surface area contributed by atoms with Gasteiger partial charge in [-0.05, 0) is 41.4 Å². The van der Waals surface area contributed by atoms with Gasteiger partial charge in [-0.25, -0.2) is 14.5 Å². The van der Waals surface area contributed by atoms with Gasteiger partial charge in [0.05, 0.1) is 4.47 Å². The fraction of sp³-hybridized carbons (Fsp3) is 0.286. The maximum Gasteiger partial charge on any atom is 0.405 e. The van der Waals surface area contributed by atoms with Crippen LogP contribution in [0, 0.1) is 11.3 Å². The zero-order chi connectivity index (χ0) is 16.3. The van der Waals surface area contributed by atoms with Crippen LogP contribution in [0.4, 0.5) is 4.79 Å². The van der Waals surface area contributed by atoms with Crippen molar-refractivity contribution in [3.05, 3.63) is 40.3 Å². The van der Waals surface area contributed by atoms with Crippen molar-refractivity contribution in [1.29, 1.82) is 5.26 Å². The highest BCUT2D eigenvalue weighted by molar-refractivity contribution is 9.10. The average molecular weight is 364 g/mol. The minimum Gasteiger partial charge on any atom is -0.443 e. The van der Waals surface area contributed by atoms with Crippen LogP contribution in [0.1, 0.15) is 25.1 Å². The van der Waals surface area contributed by atoms with Crippen LogP contribution < -0.4 is 5.73 Å². The number of hydrogen-bond donors (Lipinski definition) is 1. The number of amides is 1. The van der Waals surface area contributed by atoms with E-state index in [0.717, 1.165) is 5.56 Å². The van der Waals surface area contributed by atoms with Crippen LogP contribution in [0.2, 0.25) is 0 Å². The molecule has 0 spiro atoms. The Morgan fingerprint density at radius 3 is 2.77 bits per heavy atom. The molecule has 0 radical (unpaired) electrons. The van der Waals surface area contributed by atoms with Crippen LogP contribution in [0.5, 0.6) is 0 Å². The lowest BCUT2D eigenvalue weighted by molar-refractivity contribution is 0.0460. The number of carbonyl (C=O) groups is 1. The molecule has 0 aliphatic rings. The van der Waals surface area contributed by atoms with Gasteiger partial charge in [-0.15, -0.1) is 0 Å². The van der Waals surface area contributed by atoms with Crippen molar-refractivity contribution in [3.8, 4) is 11.9 Å². The highest BCUT2D eigenvalue weighted by Gasteiger charge is 2.22. The van der Waals surface area contributed by atoms with E-state index in [0.29, 0.717) is 22.4 Å². The molecule has 2 aromatic heterocycles. The second-order valence-electron chi connectivity index (χ2n) is 5.26. The Balaban J connectivity index is 2.16. The maximum absolute atomic E-state index is 10.8. The van der Waals surface area contributed by atoms with Crippen molar-refractivity contribution < 1.29 is 9.53 Å². The van der Waals surface area contributed by atoms with Gasteiger partial charge in [-0.3, -0.25) is 0 Å². The smallest absolute Gasteiger partial charge is 0.405 e. The minimum absolute atomic E-state index is 0.293. The number of nitriles is 1. The van der Waals surface area contributed by atoms with Crippen LogP contribution in [-0.2, 0) is 11.2 Å². The van der Waals surface area contributed by atoms with E-state index in [1.54, 1.807) is 32.3 Å². The Hall–Kier alpha value is -2.40. The number of halogens is 1. The lowest BCUT2D eigenvalue weighted by Gasteiger charge is -2.23. The van der Waals surface area contributed by atoms with E-state index in [1.165, 1.54) is 4.68 Å². The van der Waals surface area contributed by atoms with Gasteiger partial charge in [0, 0.05) is 18.8 Å². The van der Waals surface area contributed by atoms with Crippen LogP contribution in [-0.4, -0.2) is 26.5 Å². The molecule has 7 nitrogen and oxygen atoms in total. The second-order valence-corrected chi connectivity index (χ2v) is 6.12. The van der Waals surface area contributed by atoms with E-state index in [9.17, 15) is 4.79 Å². The van der Waals surface area contributed by atoms with E-state index in [1.807, 2.05) is 12.1 Å². The fourth-order valence-corrected chi connectivity index (χ4v) is 2.36. The number of carbonyl (C=O) groups excluding carboxylic acids is 1. The number of aromatic nitrogens is 3. The largest absolute Gasteiger partial charge is 0.443 e. The highest BCUT2D eigenvalue weighted by atomic mass is 79.9. The minimum atomic E-state index is -0.806. The summed E-state index contributed by atoms with van der Waals surface area (Å²) >= 11 is 3.26. The number of nitrogens with two attached hydrogens (primary N) is 1. The van der Waals surface area contributed by atoms with E-state index in [2.05, 4.69) is 26.0 Å². The third kappa shape index (κ3) is 3.83. The van der Waals surface area contributed by atoms with Gasteiger partial charge in [-0.2, -0.15) is 10.4 Å². The Morgan fingerprint density at radius 1 is 1.55 bits per heavy atom. The van der Waals surface area contributed by atoms with E-state index < -0.39 is 11.7 Å². The molecular weight excluding hydrogens is 350 g/mol. The van der Waals surface area contributed by atoms with E-state index >= 15 is 0 Å². The summed E-state index contributed by atoms with van der Waals surface area (Å²) in [6.07, 6.45) is 3.01. The third-order valence-electron chi connectivity index (χ3n) is 2.83. The van der Waals surface area contributed by atoms with Gasteiger partial charge in [0.25, 0.3) is 0 Å². The standard InChI is InChI=1S/C14H14BrN5O2/c1-14(2,22-13(17)21)5-9-3-4-12(18-7-9)20-8-10(15)11(6-16)19-20/h3-4,7-8H,5H2,1-2H3,(H2,17,21). The molecule has 2 rings (SSSR count). The van der Waals surface area contributed by atoms with Crippen molar-refractivity contribution in [3.63, 3.8) is 0 Å². The van der Waals surface area contributed by atoms with Gasteiger partial charge in [0.15, 0.2) is 11.5 Å². The topological polar surface area (TPSA) is 107 Å². The van der Waals surface area contributed by atoms with Gasteiger partial charge in [-0.1, -0.05) is 6.07 Å². The molecule has 2 N–H and O–H groups in total. The van der Waals surface area contributed by atoms with Gasteiger partial charge in [0.1, 0.15) is 11.7 Å². The molecule has 2 aromatic rings. The summed E-state index contributed by atoms with van der Waals surface area (Å²) in [5, 5.41) is 13.0. The number of primary amides is 1. The van der Waals surface area contributed by atoms with Crippen molar-refractivity contribution in [2.75, 3.05) is 0 Å². The Labute approximate surface area is 135 Å². The SMILES string of the molecule is CC(C)(Cc1ccc(-n2cc(Br)c(C#N)n2)nc1)OC(N)=O. The molecular formula is C14H14BrN5O2. The van der Waals surface area contributed by atoms with Gasteiger partial charge >= 0.3 is 6.09 Å². The number of rotatable bonds is 4. The molecule has 0 fully saturated rings. The van der Waals surface area contributed by atoms with Gasteiger partial charge in [0.2, 0.25) is 0 Å². The van der Waals surface area contributed by atoms with Crippen molar-refractivity contribution in [2.24, 2.45) is 5.73 Å². The monoisotopic (exact) mass is 363 g/mol. The van der Waals surface area contributed by atoms with E-state index in [-0.39, 0.29) is 0 Å². The van der Waals surface area contributed by atoms with Crippen LogP contribution >= 0.6 is 15.9 Å². The summed E-state index contributed by atoms with van der Waals surface area (Å²) in [4.78, 5) is 15.1. The maximum atomic E-state index is 10.8. The molecule has 22 heavy (non-hydrogen) atoms. The highest BCUT2D eigenvalue weighted by Crippen LogP contribution is 2.19. The average Bonchev–Trinajstić information content (AvgIpc) is 2.78. The first-order valence-electron chi connectivity index (χ1n) is 6.40. The molecule has 8 heteroatoms.